The van der Waals surface area contributed by atoms with E-state index in [1.807, 2.05) is 6.08 Å². The summed E-state index contributed by atoms with van der Waals surface area (Å²) >= 11 is 0. The van der Waals surface area contributed by atoms with Crippen molar-refractivity contribution < 1.29 is 28.6 Å². The van der Waals surface area contributed by atoms with Crippen LogP contribution in [0.25, 0.3) is 0 Å². The van der Waals surface area contributed by atoms with Gasteiger partial charge in [-0.1, -0.05) is 298 Å². The van der Waals surface area contributed by atoms with Gasteiger partial charge in [0.2, 0.25) is 0 Å². The highest BCUT2D eigenvalue weighted by atomic mass is 16.6. The largest absolute Gasteiger partial charge is 0.462 e. The predicted octanol–water partition coefficient (Wildman–Crippen LogP) is 21.9. The van der Waals surface area contributed by atoms with Gasteiger partial charge in [0, 0.05) is 19.3 Å². The van der Waals surface area contributed by atoms with Gasteiger partial charge in [0.1, 0.15) is 13.2 Å². The highest BCUT2D eigenvalue weighted by molar-refractivity contribution is 5.71. The van der Waals surface area contributed by atoms with Crippen molar-refractivity contribution in [2.75, 3.05) is 13.2 Å². The molecule has 0 saturated heterocycles. The van der Waals surface area contributed by atoms with Crippen molar-refractivity contribution in [1.29, 1.82) is 0 Å². The summed E-state index contributed by atoms with van der Waals surface area (Å²) in [5.74, 6) is -0.973. The molecule has 6 heteroatoms. The lowest BCUT2D eigenvalue weighted by Gasteiger charge is -2.18. The third kappa shape index (κ3) is 61.3. The quantitative estimate of drug-likeness (QED) is 0.0261. The maximum atomic E-state index is 12.9. The van der Waals surface area contributed by atoms with Crippen molar-refractivity contribution in [2.24, 2.45) is 0 Å². The monoisotopic (exact) mass is 1040 g/mol. The number of rotatable bonds is 58. The molecule has 0 aliphatic rings. The smallest absolute Gasteiger partial charge is 0.306 e. The Morgan fingerprint density at radius 2 is 0.547 bits per heavy atom. The summed E-state index contributed by atoms with van der Waals surface area (Å²) in [7, 11) is 0. The van der Waals surface area contributed by atoms with Crippen molar-refractivity contribution in [3.63, 3.8) is 0 Å². The second-order valence-corrected chi connectivity index (χ2v) is 21.3. The molecule has 0 spiro atoms. The van der Waals surface area contributed by atoms with Crippen molar-refractivity contribution in [2.45, 2.75) is 322 Å². The Morgan fingerprint density at radius 3 is 0.893 bits per heavy atom. The minimum atomic E-state index is -0.808. The Bertz CT molecular complexity index is 1430. The predicted molar refractivity (Wildman–Crippen MR) is 325 cm³/mol. The Hall–Kier alpha value is -3.41. The number of carbonyl (C=O) groups excluding carboxylic acids is 3. The molecule has 75 heavy (non-hydrogen) atoms. The van der Waals surface area contributed by atoms with Gasteiger partial charge < -0.3 is 14.2 Å². The fourth-order valence-electron chi connectivity index (χ4n) is 9.11. The van der Waals surface area contributed by atoms with Crippen LogP contribution in [0.2, 0.25) is 0 Å². The van der Waals surface area contributed by atoms with E-state index in [0.29, 0.717) is 19.3 Å². The minimum Gasteiger partial charge on any atom is -0.462 e. The molecule has 1 unspecified atom stereocenters. The van der Waals surface area contributed by atoms with E-state index in [0.717, 1.165) is 77.0 Å². The van der Waals surface area contributed by atoms with Gasteiger partial charge in [0.25, 0.3) is 0 Å². The second-order valence-electron chi connectivity index (χ2n) is 21.3. The van der Waals surface area contributed by atoms with E-state index in [2.05, 4.69) is 99.8 Å². The number of hydrogen-bond acceptors (Lipinski definition) is 6. The van der Waals surface area contributed by atoms with Gasteiger partial charge in [-0.25, -0.2) is 0 Å². The molecule has 0 aliphatic heterocycles. The number of carbonyl (C=O) groups is 3. The number of hydrogen-bond donors (Lipinski definition) is 0. The molecule has 0 amide bonds. The number of ether oxygens (including phenoxy) is 3. The zero-order chi connectivity index (χ0) is 54.3. The Morgan fingerprint density at radius 1 is 0.280 bits per heavy atom. The molecule has 0 aliphatic carbocycles. The number of unbranched alkanes of at least 4 members (excludes halogenated alkanes) is 33. The van der Waals surface area contributed by atoms with E-state index in [-0.39, 0.29) is 37.5 Å². The van der Waals surface area contributed by atoms with E-state index in [1.165, 1.54) is 193 Å². The molecule has 0 aromatic rings. The number of esters is 3. The van der Waals surface area contributed by atoms with Crippen molar-refractivity contribution in [3.8, 4) is 0 Å². The van der Waals surface area contributed by atoms with Crippen molar-refractivity contribution in [1.82, 2.24) is 0 Å². The maximum Gasteiger partial charge on any atom is 0.306 e. The average Bonchev–Trinajstić information content (AvgIpc) is 3.41. The second kappa shape index (κ2) is 63.1. The average molecular weight is 1050 g/mol. The first-order valence-electron chi connectivity index (χ1n) is 32.1. The van der Waals surface area contributed by atoms with Crippen LogP contribution in [0.4, 0.5) is 0 Å². The van der Waals surface area contributed by atoms with Crippen LogP contribution in [0.5, 0.6) is 0 Å². The summed E-state index contributed by atoms with van der Waals surface area (Å²) in [4.78, 5) is 38.3. The van der Waals surface area contributed by atoms with Crippen LogP contribution >= 0.6 is 0 Å². The summed E-state index contributed by atoms with van der Waals surface area (Å²) in [5, 5.41) is 0. The zero-order valence-corrected chi connectivity index (χ0v) is 49.6. The maximum absolute atomic E-state index is 12.9. The first kappa shape index (κ1) is 71.6. The van der Waals surface area contributed by atoms with Crippen LogP contribution in [0, 0.1) is 0 Å². The van der Waals surface area contributed by atoms with Gasteiger partial charge in [-0.3, -0.25) is 14.4 Å². The lowest BCUT2D eigenvalue weighted by atomic mass is 10.0. The third-order valence-corrected chi connectivity index (χ3v) is 13.9. The summed E-state index contributed by atoms with van der Waals surface area (Å²) in [6.07, 6.45) is 83.1. The van der Waals surface area contributed by atoms with Gasteiger partial charge in [-0.05, 0) is 83.5 Å². The molecule has 0 heterocycles. The van der Waals surface area contributed by atoms with E-state index in [1.54, 1.807) is 0 Å². The van der Waals surface area contributed by atoms with Crippen LogP contribution in [0.15, 0.2) is 85.1 Å². The molecule has 1 atom stereocenters. The van der Waals surface area contributed by atoms with Crippen LogP contribution in [-0.4, -0.2) is 37.2 Å². The summed E-state index contributed by atoms with van der Waals surface area (Å²) in [6.45, 7) is 6.50. The van der Waals surface area contributed by atoms with Gasteiger partial charge in [-0.2, -0.15) is 0 Å². The Labute approximate surface area is 465 Å². The van der Waals surface area contributed by atoms with E-state index >= 15 is 0 Å². The van der Waals surface area contributed by atoms with Gasteiger partial charge >= 0.3 is 17.9 Å². The molecule has 0 aromatic heterocycles. The molecule has 0 aromatic carbocycles. The number of allylic oxidation sites excluding steroid dienone is 14. The fourth-order valence-corrected chi connectivity index (χ4v) is 9.11. The van der Waals surface area contributed by atoms with Crippen molar-refractivity contribution in [3.05, 3.63) is 85.1 Å². The molecule has 432 valence electrons. The first-order valence-corrected chi connectivity index (χ1v) is 32.1. The lowest BCUT2D eigenvalue weighted by Crippen LogP contribution is -2.30. The molecule has 0 N–H and O–H groups in total. The molecule has 6 nitrogen and oxygen atoms in total. The molecule has 0 rings (SSSR count). The van der Waals surface area contributed by atoms with Crippen LogP contribution in [0.3, 0.4) is 0 Å². The highest BCUT2D eigenvalue weighted by Gasteiger charge is 2.19. The minimum absolute atomic E-state index is 0.0976. The SMILES string of the molecule is CC/C=C\C/C=C\C/C=C\C/C=C\C/C=C\C/C=C\CCC(=O)OCC(COC(=O)CCCCCCCCCCCCCCCCCCCCC)OC(=O)CCCCCCCCCCC/C=C\CCCCCCCC. The van der Waals surface area contributed by atoms with Crippen LogP contribution < -0.4 is 0 Å². The molecule has 0 saturated carbocycles. The third-order valence-electron chi connectivity index (χ3n) is 13.9. The first-order chi connectivity index (χ1) is 37.0. The van der Waals surface area contributed by atoms with Crippen LogP contribution in [0.1, 0.15) is 316 Å². The highest BCUT2D eigenvalue weighted by Crippen LogP contribution is 2.17. The molecular weight excluding hydrogens is 925 g/mol. The van der Waals surface area contributed by atoms with E-state index in [4.69, 9.17) is 14.2 Å². The van der Waals surface area contributed by atoms with Gasteiger partial charge in [-0.15, -0.1) is 0 Å². The topological polar surface area (TPSA) is 78.9 Å². The molecule has 0 bridgehead atoms. The van der Waals surface area contributed by atoms with E-state index < -0.39 is 6.10 Å². The van der Waals surface area contributed by atoms with E-state index in [9.17, 15) is 14.4 Å². The Balaban J connectivity index is 4.46. The molecule has 0 fully saturated rings. The van der Waals surface area contributed by atoms with Crippen LogP contribution in [-0.2, 0) is 28.6 Å². The van der Waals surface area contributed by atoms with Crippen molar-refractivity contribution >= 4 is 17.9 Å². The van der Waals surface area contributed by atoms with Gasteiger partial charge in [0.05, 0.1) is 0 Å². The molecule has 0 radical (unpaired) electrons. The molecular formula is C69H120O6. The zero-order valence-electron chi connectivity index (χ0n) is 49.6. The normalized spacial score (nSPS) is 12.6. The summed E-state index contributed by atoms with van der Waals surface area (Å²) in [6, 6.07) is 0. The van der Waals surface area contributed by atoms with Gasteiger partial charge in [0.15, 0.2) is 6.10 Å². The standard InChI is InChI=1S/C69H120O6/c1-4-7-10-13-16-19-22-25-28-31-34-37-40-43-46-49-52-55-58-61-67(70)73-64-66(75-69(72)63-60-57-54-51-48-45-42-39-36-33-30-27-24-21-18-15-12-9-6-3)65-74-68(71)62-59-56-53-50-47-44-41-38-35-32-29-26-23-20-17-14-11-8-5-2/h7,10,16,19,25,27-28,30,34,37,43,46,52,55,66H,4-6,8-9,11-15,17-18,20-24,26,29,31-33,35-36,38-42,44-45,47-51,53-54,56-65H2,1-3H3/b10-7-,19-16-,28-25-,30-27-,37-34-,46-43-,55-52-. The fraction of sp³-hybridized carbons (Fsp3) is 0.754. The summed E-state index contributed by atoms with van der Waals surface area (Å²) in [5.41, 5.74) is 0. The summed E-state index contributed by atoms with van der Waals surface area (Å²) < 4.78 is 16.9. The lowest BCUT2D eigenvalue weighted by molar-refractivity contribution is -0.166. The Kier molecular flexibility index (Phi) is 60.3.